The molecule has 0 aliphatic carbocycles. The van der Waals surface area contributed by atoms with Crippen LogP contribution in [0, 0.1) is 13.8 Å². The van der Waals surface area contributed by atoms with E-state index in [0.717, 1.165) is 26.4 Å². The van der Waals surface area contributed by atoms with Crippen LogP contribution in [0.2, 0.25) is 5.02 Å². The number of rotatable bonds is 3. The van der Waals surface area contributed by atoms with Crippen LogP contribution in [0.25, 0.3) is 11.0 Å². The molecule has 0 N–H and O–H groups in total. The molecule has 0 radical (unpaired) electrons. The molecule has 2 aromatic carbocycles. The van der Waals surface area contributed by atoms with E-state index in [-0.39, 0.29) is 5.63 Å². The third-order valence-electron chi connectivity index (χ3n) is 3.65. The van der Waals surface area contributed by atoms with Crippen molar-refractivity contribution in [3.05, 3.63) is 74.6 Å². The maximum absolute atomic E-state index is 11.8. The highest BCUT2D eigenvalue weighted by Gasteiger charge is 2.08. The van der Waals surface area contributed by atoms with Gasteiger partial charge in [0, 0.05) is 27.1 Å². The Hall–Kier alpha value is -1.71. The lowest BCUT2D eigenvalue weighted by Crippen LogP contribution is -2.00. The maximum atomic E-state index is 11.8. The lowest BCUT2D eigenvalue weighted by atomic mass is 10.0. The molecule has 0 atom stereocenters. The smallest absolute Gasteiger partial charge is 0.336 e. The summed E-state index contributed by atoms with van der Waals surface area (Å²) in [7, 11) is 0. The van der Waals surface area contributed by atoms with Gasteiger partial charge < -0.3 is 4.42 Å². The van der Waals surface area contributed by atoms with Gasteiger partial charge in [0.25, 0.3) is 0 Å². The van der Waals surface area contributed by atoms with Crippen molar-refractivity contribution in [2.24, 2.45) is 0 Å². The van der Waals surface area contributed by atoms with E-state index in [0.29, 0.717) is 11.3 Å². The Balaban J connectivity index is 1.97. The first kappa shape index (κ1) is 15.2. The summed E-state index contributed by atoms with van der Waals surface area (Å²) in [4.78, 5) is 12.9. The summed E-state index contributed by atoms with van der Waals surface area (Å²) < 4.78 is 5.32. The summed E-state index contributed by atoms with van der Waals surface area (Å²) >= 11 is 7.57. The first-order valence-corrected chi connectivity index (χ1v) is 8.31. The standard InChI is InChI=1S/C18H15ClO2S/c1-11-7-16-13(9-18(20)21-17(16)8-12(11)2)10-22-15-5-3-14(19)4-6-15/h3-9H,10H2,1-2H3. The summed E-state index contributed by atoms with van der Waals surface area (Å²) in [6.45, 7) is 4.08. The molecule has 112 valence electrons. The van der Waals surface area contributed by atoms with Gasteiger partial charge in [-0.15, -0.1) is 11.8 Å². The van der Waals surface area contributed by atoms with Gasteiger partial charge in [0.1, 0.15) is 5.58 Å². The van der Waals surface area contributed by atoms with Crippen molar-refractivity contribution in [3.8, 4) is 0 Å². The van der Waals surface area contributed by atoms with Crippen LogP contribution in [0.4, 0.5) is 0 Å². The summed E-state index contributed by atoms with van der Waals surface area (Å²) in [6.07, 6.45) is 0. The Morgan fingerprint density at radius 2 is 1.73 bits per heavy atom. The zero-order valence-corrected chi connectivity index (χ0v) is 13.9. The average Bonchev–Trinajstić information content (AvgIpc) is 2.48. The minimum Gasteiger partial charge on any atom is -0.423 e. The highest BCUT2D eigenvalue weighted by molar-refractivity contribution is 7.98. The van der Waals surface area contributed by atoms with Gasteiger partial charge >= 0.3 is 5.63 Å². The molecule has 3 aromatic rings. The van der Waals surface area contributed by atoms with Crippen LogP contribution in [0.15, 0.2) is 56.6 Å². The van der Waals surface area contributed by atoms with Gasteiger partial charge in [-0.05, 0) is 66.9 Å². The molecule has 1 aromatic heterocycles. The first-order valence-electron chi connectivity index (χ1n) is 6.95. The Labute approximate surface area is 138 Å². The molecule has 0 amide bonds. The molecule has 22 heavy (non-hydrogen) atoms. The van der Waals surface area contributed by atoms with Gasteiger partial charge in [0.2, 0.25) is 0 Å². The van der Waals surface area contributed by atoms with Crippen molar-refractivity contribution in [1.29, 1.82) is 0 Å². The van der Waals surface area contributed by atoms with Crippen molar-refractivity contribution in [2.75, 3.05) is 0 Å². The van der Waals surface area contributed by atoms with Crippen molar-refractivity contribution < 1.29 is 4.42 Å². The molecule has 0 aliphatic heterocycles. The molecule has 0 saturated carbocycles. The highest BCUT2D eigenvalue weighted by atomic mass is 35.5. The summed E-state index contributed by atoms with van der Waals surface area (Å²) in [5.41, 5.74) is 3.66. The van der Waals surface area contributed by atoms with Crippen LogP contribution in [0.3, 0.4) is 0 Å². The van der Waals surface area contributed by atoms with Crippen molar-refractivity contribution in [1.82, 2.24) is 0 Å². The topological polar surface area (TPSA) is 30.2 Å². The fraction of sp³-hybridized carbons (Fsp3) is 0.167. The van der Waals surface area contributed by atoms with E-state index in [9.17, 15) is 4.79 Å². The molecular formula is C18H15ClO2S. The van der Waals surface area contributed by atoms with Gasteiger partial charge in [-0.25, -0.2) is 4.79 Å². The second-order valence-electron chi connectivity index (χ2n) is 5.27. The maximum Gasteiger partial charge on any atom is 0.336 e. The molecule has 0 fully saturated rings. The second-order valence-corrected chi connectivity index (χ2v) is 6.75. The summed E-state index contributed by atoms with van der Waals surface area (Å²) in [5, 5.41) is 1.73. The normalized spacial score (nSPS) is 11.0. The lowest BCUT2D eigenvalue weighted by Gasteiger charge is -2.08. The van der Waals surface area contributed by atoms with Gasteiger partial charge in [-0.1, -0.05) is 11.6 Å². The Morgan fingerprint density at radius 1 is 1.05 bits per heavy atom. The number of benzene rings is 2. The van der Waals surface area contributed by atoms with Gasteiger partial charge in [-0.3, -0.25) is 0 Å². The summed E-state index contributed by atoms with van der Waals surface area (Å²) in [6, 6.07) is 13.3. The molecule has 0 saturated heterocycles. The monoisotopic (exact) mass is 330 g/mol. The van der Waals surface area contributed by atoms with Crippen molar-refractivity contribution in [3.63, 3.8) is 0 Å². The number of halogens is 1. The van der Waals surface area contributed by atoms with Crippen LogP contribution < -0.4 is 5.63 Å². The van der Waals surface area contributed by atoms with E-state index in [2.05, 4.69) is 13.0 Å². The second kappa shape index (κ2) is 6.19. The SMILES string of the molecule is Cc1cc2oc(=O)cc(CSc3ccc(Cl)cc3)c2cc1C. The number of hydrogen-bond donors (Lipinski definition) is 0. The zero-order valence-electron chi connectivity index (χ0n) is 12.4. The number of fused-ring (bicyclic) bond motifs is 1. The molecule has 1 heterocycles. The van der Waals surface area contributed by atoms with E-state index in [1.54, 1.807) is 17.8 Å². The van der Waals surface area contributed by atoms with Crippen LogP contribution in [0.5, 0.6) is 0 Å². The molecule has 0 aliphatic rings. The number of aryl methyl sites for hydroxylation is 2. The molecule has 3 rings (SSSR count). The van der Waals surface area contributed by atoms with Crippen LogP contribution >= 0.6 is 23.4 Å². The van der Waals surface area contributed by atoms with E-state index in [1.165, 1.54) is 5.56 Å². The predicted molar refractivity (Wildman–Crippen MR) is 93.0 cm³/mol. The average molecular weight is 331 g/mol. The fourth-order valence-electron chi connectivity index (χ4n) is 2.29. The molecule has 0 spiro atoms. The minimum atomic E-state index is -0.303. The largest absolute Gasteiger partial charge is 0.423 e. The van der Waals surface area contributed by atoms with Gasteiger partial charge in [0.15, 0.2) is 0 Å². The molecular weight excluding hydrogens is 316 g/mol. The first-order chi connectivity index (χ1) is 10.5. The molecule has 2 nitrogen and oxygen atoms in total. The summed E-state index contributed by atoms with van der Waals surface area (Å²) in [5.74, 6) is 0.715. The van der Waals surface area contributed by atoms with Crippen LogP contribution in [-0.2, 0) is 5.75 Å². The predicted octanol–water partition coefficient (Wildman–Crippen LogP) is 5.36. The Bertz CT molecular complexity index is 882. The van der Waals surface area contributed by atoms with Crippen molar-refractivity contribution in [2.45, 2.75) is 24.5 Å². The Kier molecular flexibility index (Phi) is 4.27. The fourth-order valence-corrected chi connectivity index (χ4v) is 3.31. The van der Waals surface area contributed by atoms with Gasteiger partial charge in [-0.2, -0.15) is 0 Å². The molecule has 4 heteroatoms. The minimum absolute atomic E-state index is 0.303. The van der Waals surface area contributed by atoms with E-state index in [4.69, 9.17) is 16.0 Å². The third-order valence-corrected chi connectivity index (χ3v) is 4.97. The van der Waals surface area contributed by atoms with Crippen LogP contribution in [0.1, 0.15) is 16.7 Å². The number of thioether (sulfide) groups is 1. The molecule has 0 unspecified atom stereocenters. The zero-order chi connectivity index (χ0) is 15.7. The van der Waals surface area contributed by atoms with Crippen LogP contribution in [-0.4, -0.2) is 0 Å². The van der Waals surface area contributed by atoms with E-state index >= 15 is 0 Å². The van der Waals surface area contributed by atoms with Gasteiger partial charge in [0.05, 0.1) is 0 Å². The van der Waals surface area contributed by atoms with E-state index < -0.39 is 0 Å². The highest BCUT2D eigenvalue weighted by Crippen LogP contribution is 2.28. The van der Waals surface area contributed by atoms with E-state index in [1.807, 2.05) is 37.3 Å². The third kappa shape index (κ3) is 3.21. The quantitative estimate of drug-likeness (QED) is 0.478. The number of hydrogen-bond acceptors (Lipinski definition) is 3. The van der Waals surface area contributed by atoms with Crippen molar-refractivity contribution >= 4 is 34.3 Å². The lowest BCUT2D eigenvalue weighted by molar-refractivity contribution is 0.559. The Morgan fingerprint density at radius 3 is 2.45 bits per heavy atom. The molecule has 0 bridgehead atoms.